The number of carbonyl (C=O) groups is 1. The standard InChI is InChI=1S/C11H13NO4.CH4O/c1-15-6-5-8-3-4-9(11(13)16-2)7-10(8)12-14;1-2/h3-4,7H,5-6H2,1-2H3;2H,1H3/p+1. The summed E-state index contributed by atoms with van der Waals surface area (Å²) in [5, 5.41) is 8.81. The Morgan fingerprint density at radius 2 is 2.00 bits per heavy atom. The maximum absolute atomic E-state index is 11.2. The highest BCUT2D eigenvalue weighted by Crippen LogP contribution is 2.14. The van der Waals surface area contributed by atoms with E-state index in [9.17, 15) is 9.70 Å². The summed E-state index contributed by atoms with van der Waals surface area (Å²) in [6.45, 7) is 0.520. The predicted octanol–water partition coefficient (Wildman–Crippen LogP) is -0.251. The highest BCUT2D eigenvalue weighted by molar-refractivity contribution is 5.90. The van der Waals surface area contributed by atoms with Gasteiger partial charge in [-0.25, -0.2) is 4.79 Å². The number of nitroso groups, excluding NO2 is 1. The third-order valence-corrected chi connectivity index (χ3v) is 2.22. The van der Waals surface area contributed by atoms with Crippen LogP contribution in [0.15, 0.2) is 18.2 Å². The van der Waals surface area contributed by atoms with Crippen molar-refractivity contribution < 1.29 is 24.6 Å². The Bertz CT molecular complexity index is 392. The molecule has 1 rings (SSSR count). The van der Waals surface area contributed by atoms with E-state index in [-0.39, 0.29) is 0 Å². The van der Waals surface area contributed by atoms with E-state index in [4.69, 9.17) is 9.84 Å². The lowest BCUT2D eigenvalue weighted by Crippen LogP contribution is -2.56. The van der Waals surface area contributed by atoms with Crippen LogP contribution in [0, 0.1) is 4.91 Å². The van der Waals surface area contributed by atoms with Gasteiger partial charge in [-0.3, -0.25) is 0 Å². The van der Waals surface area contributed by atoms with Gasteiger partial charge in [-0.05, 0) is 6.07 Å². The monoisotopic (exact) mass is 256 g/mol. The van der Waals surface area contributed by atoms with Gasteiger partial charge in [-0.1, -0.05) is 6.07 Å². The molecule has 0 aliphatic carbocycles. The molecule has 0 radical (unpaired) electrons. The van der Waals surface area contributed by atoms with Crippen LogP contribution in [0.5, 0.6) is 0 Å². The number of benzene rings is 1. The quantitative estimate of drug-likeness (QED) is 0.709. The third-order valence-electron chi connectivity index (χ3n) is 2.22. The van der Waals surface area contributed by atoms with E-state index in [1.54, 1.807) is 19.2 Å². The van der Waals surface area contributed by atoms with Gasteiger partial charge < -0.3 is 14.6 Å². The lowest BCUT2D eigenvalue weighted by atomic mass is 10.1. The summed E-state index contributed by atoms with van der Waals surface area (Å²) in [6.07, 6.45) is 0.614. The van der Waals surface area contributed by atoms with Crippen molar-refractivity contribution in [3.63, 3.8) is 0 Å². The molecule has 6 heteroatoms. The van der Waals surface area contributed by atoms with Gasteiger partial charge in [0.2, 0.25) is 0 Å². The Kier molecular flexibility index (Phi) is 8.34. The summed E-state index contributed by atoms with van der Waals surface area (Å²) < 4.78 is 9.49. The number of ether oxygens (including phenoxy) is 2. The molecule has 18 heavy (non-hydrogen) atoms. The Morgan fingerprint density at radius 1 is 1.33 bits per heavy atom. The first-order valence-electron chi connectivity index (χ1n) is 5.26. The molecule has 0 saturated carbocycles. The van der Waals surface area contributed by atoms with Crippen LogP contribution in [0.4, 0.5) is 5.69 Å². The molecular formula is C12H18NO5+. The van der Waals surface area contributed by atoms with Crippen molar-refractivity contribution in [2.45, 2.75) is 6.42 Å². The summed E-state index contributed by atoms with van der Waals surface area (Å²) in [5.41, 5.74) is 1.53. The van der Waals surface area contributed by atoms with Crippen LogP contribution in [0.2, 0.25) is 0 Å². The smallest absolute Gasteiger partial charge is 0.338 e. The van der Waals surface area contributed by atoms with E-state index >= 15 is 0 Å². The second-order valence-electron chi connectivity index (χ2n) is 3.21. The number of aliphatic hydroxyl groups is 1. The van der Waals surface area contributed by atoms with Crippen molar-refractivity contribution in [3.8, 4) is 0 Å². The molecule has 0 fully saturated rings. The van der Waals surface area contributed by atoms with Crippen LogP contribution in [-0.2, 0) is 15.9 Å². The molecule has 1 aromatic rings. The molecule has 0 aliphatic rings. The Morgan fingerprint density at radius 3 is 2.50 bits per heavy atom. The Hall–Kier alpha value is -1.79. The zero-order valence-electron chi connectivity index (χ0n) is 10.7. The zero-order chi connectivity index (χ0) is 14.0. The normalized spacial score (nSPS) is 9.11. The largest absolute Gasteiger partial charge is 0.465 e. The maximum atomic E-state index is 11.2. The predicted molar refractivity (Wildman–Crippen MR) is 65.5 cm³/mol. The number of rotatable bonds is 5. The molecular weight excluding hydrogens is 238 g/mol. The summed E-state index contributed by atoms with van der Waals surface area (Å²) in [4.78, 5) is 22.0. The number of hydrogen-bond donors (Lipinski definition) is 2. The van der Waals surface area contributed by atoms with Crippen molar-refractivity contribution in [3.05, 3.63) is 34.2 Å². The highest BCUT2D eigenvalue weighted by Gasteiger charge is 2.13. The van der Waals surface area contributed by atoms with Crippen LogP contribution in [0.1, 0.15) is 15.9 Å². The second-order valence-corrected chi connectivity index (χ2v) is 3.21. The summed E-state index contributed by atoms with van der Waals surface area (Å²) in [5.74, 6) is -0.463. The Labute approximate surface area is 106 Å². The summed E-state index contributed by atoms with van der Waals surface area (Å²) >= 11 is 0. The van der Waals surface area contributed by atoms with Crippen LogP contribution < -0.4 is 5.18 Å². The van der Waals surface area contributed by atoms with Crippen molar-refractivity contribution in [2.24, 2.45) is 0 Å². The number of methoxy groups -OCH3 is 2. The Balaban J connectivity index is 0.00000137. The molecule has 0 amide bonds. The minimum Gasteiger partial charge on any atom is -0.465 e. The first-order chi connectivity index (χ1) is 8.72. The SMILES string of the molecule is CO.COCCc1ccc(C(=O)OC)cc1[NH+]=O. The van der Waals surface area contributed by atoms with Crippen LogP contribution in [0.25, 0.3) is 0 Å². The maximum Gasteiger partial charge on any atom is 0.338 e. The van der Waals surface area contributed by atoms with E-state index in [0.29, 0.717) is 24.3 Å². The summed E-state index contributed by atoms with van der Waals surface area (Å²) in [7, 11) is 3.89. The number of carbonyl (C=O) groups excluding carboxylic acids is 1. The van der Waals surface area contributed by atoms with Crippen molar-refractivity contribution in [2.75, 3.05) is 27.9 Å². The number of aliphatic hydroxyl groups excluding tert-OH is 1. The van der Waals surface area contributed by atoms with E-state index in [1.807, 2.05) is 5.18 Å². The number of hydrogen-bond acceptors (Lipinski definition) is 5. The zero-order valence-corrected chi connectivity index (χ0v) is 10.7. The minimum absolute atomic E-state index is 0.349. The van der Waals surface area contributed by atoms with Crippen molar-refractivity contribution in [1.82, 2.24) is 0 Å². The molecule has 0 atom stereocenters. The van der Waals surface area contributed by atoms with Crippen molar-refractivity contribution in [1.29, 1.82) is 0 Å². The molecule has 0 spiro atoms. The summed E-state index contributed by atoms with van der Waals surface area (Å²) in [6, 6.07) is 4.81. The second kappa shape index (κ2) is 9.26. The third kappa shape index (κ3) is 4.60. The molecule has 0 unspecified atom stereocenters. The van der Waals surface area contributed by atoms with Gasteiger partial charge in [-0.15, -0.1) is 0 Å². The van der Waals surface area contributed by atoms with Gasteiger partial charge in [0.05, 0.1) is 19.3 Å². The molecule has 0 aromatic heterocycles. The molecule has 6 nitrogen and oxygen atoms in total. The fourth-order valence-electron chi connectivity index (χ4n) is 1.35. The molecule has 0 bridgehead atoms. The average Bonchev–Trinajstić information content (AvgIpc) is 2.46. The molecule has 100 valence electrons. The van der Waals surface area contributed by atoms with E-state index in [2.05, 4.69) is 4.74 Å². The van der Waals surface area contributed by atoms with Gasteiger partial charge in [-0.2, -0.15) is 0 Å². The van der Waals surface area contributed by atoms with Gasteiger partial charge in [0.25, 0.3) is 5.69 Å². The molecule has 1 aromatic carbocycles. The van der Waals surface area contributed by atoms with Crippen LogP contribution >= 0.6 is 0 Å². The number of esters is 1. The minimum atomic E-state index is -0.463. The first-order valence-corrected chi connectivity index (χ1v) is 5.26. The van der Waals surface area contributed by atoms with Crippen LogP contribution in [-0.4, -0.2) is 39.0 Å². The van der Waals surface area contributed by atoms with Gasteiger partial charge >= 0.3 is 5.97 Å². The fourth-order valence-corrected chi connectivity index (χ4v) is 1.35. The molecule has 0 aliphatic heterocycles. The average molecular weight is 256 g/mol. The van der Waals surface area contributed by atoms with Crippen molar-refractivity contribution >= 4 is 11.7 Å². The topological polar surface area (TPSA) is 86.8 Å². The van der Waals surface area contributed by atoms with Gasteiger partial charge in [0.15, 0.2) is 0 Å². The lowest BCUT2D eigenvalue weighted by Gasteiger charge is -2.02. The van der Waals surface area contributed by atoms with E-state index < -0.39 is 5.97 Å². The highest BCUT2D eigenvalue weighted by atomic mass is 16.5. The van der Waals surface area contributed by atoms with Crippen LogP contribution in [0.3, 0.4) is 0 Å². The number of nitrogens with one attached hydrogen (secondary N) is 1. The lowest BCUT2D eigenvalue weighted by molar-refractivity contribution is -0.380. The molecule has 0 heterocycles. The van der Waals surface area contributed by atoms with Gasteiger partial charge in [0.1, 0.15) is 0 Å². The molecule has 0 saturated heterocycles. The first kappa shape index (κ1) is 16.2. The fraction of sp³-hybridized carbons (Fsp3) is 0.417. The van der Waals surface area contributed by atoms with Gasteiger partial charge in [0, 0.05) is 42.4 Å². The van der Waals surface area contributed by atoms with E-state index in [0.717, 1.165) is 12.7 Å². The van der Waals surface area contributed by atoms with E-state index in [1.165, 1.54) is 13.2 Å². The molecule has 2 N–H and O–H groups in total.